The fourth-order valence-electron chi connectivity index (χ4n) is 7.67. The molecule has 2 heterocycles. The molecule has 3 aliphatic rings. The van der Waals surface area contributed by atoms with E-state index in [9.17, 15) is 15.0 Å². The van der Waals surface area contributed by atoms with Gasteiger partial charge in [0.15, 0.2) is 0 Å². The van der Waals surface area contributed by atoms with Crippen molar-refractivity contribution in [2.75, 3.05) is 0 Å². The second kappa shape index (κ2) is 8.18. The number of benzene rings is 1. The minimum Gasteiger partial charge on any atom is -0.392 e. The fraction of sp³-hybridized carbons (Fsp3) is 0.690. The number of para-hydroxylation sites is 1. The van der Waals surface area contributed by atoms with E-state index in [1.54, 1.807) is 13.8 Å². The number of fused-ring (bicyclic) bond motifs is 6. The maximum absolute atomic E-state index is 12.7. The first-order chi connectivity index (χ1) is 16.0. The molecule has 1 saturated carbocycles. The topological polar surface area (TPSA) is 82.5 Å². The monoisotopic (exact) mass is 467 g/mol. The molecule has 1 aromatic heterocycles. The van der Waals surface area contributed by atoms with Crippen LogP contribution in [0.25, 0.3) is 10.9 Å². The third-order valence-electron chi connectivity index (χ3n) is 10.2. The van der Waals surface area contributed by atoms with Gasteiger partial charge in [0.25, 0.3) is 0 Å². The van der Waals surface area contributed by atoms with E-state index >= 15 is 0 Å². The Hall–Kier alpha value is -1.69. The molecule has 2 fully saturated rings. The Labute approximate surface area is 203 Å². The molecular weight excluding hydrogens is 426 g/mol. The van der Waals surface area contributed by atoms with E-state index in [0.717, 1.165) is 32.0 Å². The number of hydrogen-bond acceptors (Lipinski definition) is 4. The molecule has 0 spiro atoms. The molecule has 5 heteroatoms. The minimum absolute atomic E-state index is 0.00102. The van der Waals surface area contributed by atoms with Gasteiger partial charge in [-0.1, -0.05) is 39.0 Å². The van der Waals surface area contributed by atoms with Gasteiger partial charge in [-0.3, -0.25) is 0 Å². The molecule has 8 atom stereocenters. The molecule has 5 rings (SSSR count). The standard InChI is InChI=1S/C29H41NO4/c1-17-11-13-24-29(16-31,23(32)15-25(34-24)27(3,4)33)18(2)10-12-19-14-21-20-8-6-7-9-22(20)30-26(21)28(17,19)5/h6-9,16-19,23-25,30,32-33H,10-15H2,1-5H3. The summed E-state index contributed by atoms with van der Waals surface area (Å²) < 4.78 is 6.48. The lowest BCUT2D eigenvalue weighted by molar-refractivity contribution is -0.234. The van der Waals surface area contributed by atoms with Crippen LogP contribution in [0, 0.1) is 23.2 Å². The van der Waals surface area contributed by atoms with Gasteiger partial charge in [0, 0.05) is 28.4 Å². The van der Waals surface area contributed by atoms with Crippen LogP contribution in [0.2, 0.25) is 0 Å². The number of aldehydes is 1. The third-order valence-corrected chi connectivity index (χ3v) is 10.2. The smallest absolute Gasteiger partial charge is 0.131 e. The van der Waals surface area contributed by atoms with E-state index in [2.05, 4.69) is 50.0 Å². The summed E-state index contributed by atoms with van der Waals surface area (Å²) in [6, 6.07) is 8.62. The second-order valence-corrected chi connectivity index (χ2v) is 12.3. The van der Waals surface area contributed by atoms with Gasteiger partial charge in [0.1, 0.15) is 6.29 Å². The average molecular weight is 468 g/mol. The number of ether oxygens (including phenoxy) is 1. The minimum atomic E-state index is -1.07. The lowest BCUT2D eigenvalue weighted by Gasteiger charge is -2.53. The maximum atomic E-state index is 12.7. The number of rotatable bonds is 2. The fourth-order valence-corrected chi connectivity index (χ4v) is 7.67. The zero-order valence-electron chi connectivity index (χ0n) is 21.3. The predicted octanol–water partition coefficient (Wildman–Crippen LogP) is 4.92. The van der Waals surface area contributed by atoms with Gasteiger partial charge >= 0.3 is 0 Å². The molecule has 2 aliphatic carbocycles. The lowest BCUT2D eigenvalue weighted by Crippen LogP contribution is -2.61. The first-order valence-corrected chi connectivity index (χ1v) is 13.2. The third kappa shape index (κ3) is 3.34. The summed E-state index contributed by atoms with van der Waals surface area (Å²) in [7, 11) is 0. The highest BCUT2D eigenvalue weighted by molar-refractivity contribution is 5.86. The quantitative estimate of drug-likeness (QED) is 0.548. The molecule has 1 aliphatic heterocycles. The Morgan fingerprint density at radius 1 is 1.12 bits per heavy atom. The summed E-state index contributed by atoms with van der Waals surface area (Å²) in [5.74, 6) is 0.885. The Kier molecular flexibility index (Phi) is 5.78. The van der Waals surface area contributed by atoms with Crippen molar-refractivity contribution >= 4 is 17.2 Å². The van der Waals surface area contributed by atoms with Crippen LogP contribution in [0.4, 0.5) is 0 Å². The van der Waals surface area contributed by atoms with Crippen LogP contribution in [0.15, 0.2) is 24.3 Å². The summed E-state index contributed by atoms with van der Waals surface area (Å²) in [4.78, 5) is 16.5. The molecule has 1 aromatic carbocycles. The largest absolute Gasteiger partial charge is 0.392 e. The molecular formula is C29H41NO4. The van der Waals surface area contributed by atoms with Crippen molar-refractivity contribution < 1.29 is 19.7 Å². The number of aromatic amines is 1. The van der Waals surface area contributed by atoms with Crippen LogP contribution >= 0.6 is 0 Å². The summed E-state index contributed by atoms with van der Waals surface area (Å²) in [6.45, 7) is 10.3. The molecule has 5 nitrogen and oxygen atoms in total. The van der Waals surface area contributed by atoms with Crippen LogP contribution in [-0.4, -0.2) is 45.4 Å². The zero-order valence-corrected chi connectivity index (χ0v) is 21.3. The van der Waals surface area contributed by atoms with Gasteiger partial charge in [-0.25, -0.2) is 0 Å². The van der Waals surface area contributed by atoms with Gasteiger partial charge in [-0.2, -0.15) is 0 Å². The van der Waals surface area contributed by atoms with E-state index in [1.807, 2.05) is 0 Å². The van der Waals surface area contributed by atoms with Gasteiger partial charge in [0.05, 0.1) is 29.3 Å². The van der Waals surface area contributed by atoms with Gasteiger partial charge < -0.3 is 24.7 Å². The Morgan fingerprint density at radius 2 is 1.82 bits per heavy atom. The molecule has 34 heavy (non-hydrogen) atoms. The normalized spacial score (nSPS) is 40.9. The van der Waals surface area contributed by atoms with E-state index in [-0.39, 0.29) is 17.8 Å². The molecule has 3 N–H and O–H groups in total. The Bertz CT molecular complexity index is 1070. The Balaban J connectivity index is 1.53. The summed E-state index contributed by atoms with van der Waals surface area (Å²) >= 11 is 0. The average Bonchev–Trinajstić information content (AvgIpc) is 3.29. The molecule has 0 radical (unpaired) electrons. The van der Waals surface area contributed by atoms with Crippen molar-refractivity contribution in [2.45, 2.75) is 102 Å². The predicted molar refractivity (Wildman–Crippen MR) is 134 cm³/mol. The van der Waals surface area contributed by atoms with Crippen molar-refractivity contribution in [3.05, 3.63) is 35.5 Å². The van der Waals surface area contributed by atoms with Crippen molar-refractivity contribution in [3.63, 3.8) is 0 Å². The van der Waals surface area contributed by atoms with Crippen LogP contribution < -0.4 is 0 Å². The van der Waals surface area contributed by atoms with Crippen LogP contribution in [0.1, 0.15) is 78.0 Å². The SMILES string of the molecule is CC1CCC2OC(C(C)(C)O)CC(O)C2(C=O)C(C)CCC2Cc3c([nH]c4ccccc34)C12C. The van der Waals surface area contributed by atoms with Crippen molar-refractivity contribution in [1.82, 2.24) is 4.98 Å². The van der Waals surface area contributed by atoms with Crippen LogP contribution in [0.3, 0.4) is 0 Å². The number of aliphatic hydroxyl groups is 2. The first kappa shape index (κ1) is 24.0. The summed E-state index contributed by atoms with van der Waals surface area (Å²) in [5, 5.41) is 23.3. The highest BCUT2D eigenvalue weighted by atomic mass is 16.5. The van der Waals surface area contributed by atoms with E-state index in [4.69, 9.17) is 4.74 Å². The van der Waals surface area contributed by atoms with E-state index in [0.29, 0.717) is 18.3 Å². The van der Waals surface area contributed by atoms with Crippen LogP contribution in [0.5, 0.6) is 0 Å². The summed E-state index contributed by atoms with van der Waals surface area (Å²) in [5.41, 5.74) is 2.11. The molecule has 0 amide bonds. The van der Waals surface area contributed by atoms with E-state index < -0.39 is 29.3 Å². The molecule has 1 saturated heterocycles. The Morgan fingerprint density at radius 3 is 2.53 bits per heavy atom. The number of hydrogen-bond donors (Lipinski definition) is 3. The van der Waals surface area contributed by atoms with Crippen molar-refractivity contribution in [1.29, 1.82) is 0 Å². The number of nitrogens with one attached hydrogen (secondary N) is 1. The molecule has 2 aromatic rings. The zero-order chi connectivity index (χ0) is 24.5. The number of carbonyl (C=O) groups excluding carboxylic acids is 1. The molecule has 0 bridgehead atoms. The maximum Gasteiger partial charge on any atom is 0.131 e. The van der Waals surface area contributed by atoms with Crippen LogP contribution in [-0.2, 0) is 21.4 Å². The van der Waals surface area contributed by atoms with Crippen molar-refractivity contribution in [3.8, 4) is 0 Å². The van der Waals surface area contributed by atoms with Gasteiger partial charge in [0.2, 0.25) is 0 Å². The number of aromatic nitrogens is 1. The number of carbonyl (C=O) groups is 1. The number of aliphatic hydroxyl groups excluding tert-OH is 1. The van der Waals surface area contributed by atoms with Crippen molar-refractivity contribution in [2.24, 2.45) is 23.2 Å². The second-order valence-electron chi connectivity index (χ2n) is 12.3. The highest BCUT2D eigenvalue weighted by Gasteiger charge is 2.57. The molecule has 8 unspecified atom stereocenters. The number of H-pyrrole nitrogens is 1. The van der Waals surface area contributed by atoms with E-state index in [1.165, 1.54) is 22.2 Å². The molecule has 186 valence electrons. The van der Waals surface area contributed by atoms with Gasteiger partial charge in [-0.15, -0.1) is 0 Å². The first-order valence-electron chi connectivity index (χ1n) is 13.2. The lowest BCUT2D eigenvalue weighted by atomic mass is 9.59. The highest BCUT2D eigenvalue weighted by Crippen LogP contribution is 2.56. The van der Waals surface area contributed by atoms with Gasteiger partial charge in [-0.05, 0) is 75.3 Å². The summed E-state index contributed by atoms with van der Waals surface area (Å²) in [6.07, 6.45) is 4.14.